The highest BCUT2D eigenvalue weighted by Gasteiger charge is 2.40. The van der Waals surface area contributed by atoms with Gasteiger partial charge < -0.3 is 0 Å². The van der Waals surface area contributed by atoms with E-state index in [-0.39, 0.29) is 0 Å². The SMILES string of the molecule is CC(C)CC[Si](C)(C)C(C)(C)C(C)C. The van der Waals surface area contributed by atoms with E-state index in [0.717, 1.165) is 11.8 Å². The van der Waals surface area contributed by atoms with E-state index in [2.05, 4.69) is 54.6 Å². The summed E-state index contributed by atoms with van der Waals surface area (Å²) in [6.45, 7) is 19.5. The number of hydrogen-bond acceptors (Lipinski definition) is 0. The van der Waals surface area contributed by atoms with Gasteiger partial charge in [0.15, 0.2) is 0 Å². The fraction of sp³-hybridized carbons (Fsp3) is 1.00. The molecule has 14 heavy (non-hydrogen) atoms. The zero-order valence-electron chi connectivity index (χ0n) is 11.6. The van der Waals surface area contributed by atoms with Crippen molar-refractivity contribution < 1.29 is 0 Å². The first-order valence-electron chi connectivity index (χ1n) is 6.11. The lowest BCUT2D eigenvalue weighted by molar-refractivity contribution is 0.452. The molecule has 0 spiro atoms. The Labute approximate surface area is 92.5 Å². The molecular weight excluding hydrogens is 184 g/mol. The normalized spacial score (nSPS) is 14.1. The van der Waals surface area contributed by atoms with Gasteiger partial charge in [0, 0.05) is 0 Å². The fourth-order valence-electron chi connectivity index (χ4n) is 1.75. The van der Waals surface area contributed by atoms with Crippen LogP contribution in [-0.2, 0) is 0 Å². The van der Waals surface area contributed by atoms with E-state index in [1.165, 1.54) is 12.5 Å². The summed E-state index contributed by atoms with van der Waals surface area (Å²) in [4.78, 5) is 0. The molecule has 0 saturated carbocycles. The summed E-state index contributed by atoms with van der Waals surface area (Å²) in [6.07, 6.45) is 1.41. The first-order chi connectivity index (χ1) is 6.11. The molecule has 0 aromatic rings. The van der Waals surface area contributed by atoms with Gasteiger partial charge in [-0.1, -0.05) is 67.1 Å². The lowest BCUT2D eigenvalue weighted by atomic mass is 9.99. The number of rotatable bonds is 5. The largest absolute Gasteiger partial charge is 0.0690 e. The predicted molar refractivity (Wildman–Crippen MR) is 70.6 cm³/mol. The van der Waals surface area contributed by atoms with E-state index in [9.17, 15) is 0 Å². The van der Waals surface area contributed by atoms with Crippen molar-refractivity contribution in [3.63, 3.8) is 0 Å². The molecule has 0 aromatic carbocycles. The van der Waals surface area contributed by atoms with Gasteiger partial charge in [0.05, 0.1) is 8.07 Å². The minimum atomic E-state index is -1.06. The molecular formula is C13H30Si. The highest BCUT2D eigenvalue weighted by atomic mass is 28.3. The molecule has 0 rings (SSSR count). The van der Waals surface area contributed by atoms with Crippen LogP contribution in [0.3, 0.4) is 0 Å². The first kappa shape index (κ1) is 14.2. The van der Waals surface area contributed by atoms with Crippen LogP contribution in [-0.4, -0.2) is 8.07 Å². The second-order valence-electron chi connectivity index (χ2n) is 6.69. The van der Waals surface area contributed by atoms with E-state index in [4.69, 9.17) is 0 Å². The molecule has 1 heteroatoms. The highest BCUT2D eigenvalue weighted by Crippen LogP contribution is 2.46. The summed E-state index contributed by atoms with van der Waals surface area (Å²) in [5, 5.41) is 0.571. The molecule has 0 bridgehead atoms. The monoisotopic (exact) mass is 214 g/mol. The van der Waals surface area contributed by atoms with Crippen molar-refractivity contribution in [3.8, 4) is 0 Å². The first-order valence-corrected chi connectivity index (χ1v) is 9.32. The van der Waals surface area contributed by atoms with Gasteiger partial charge in [-0.25, -0.2) is 0 Å². The van der Waals surface area contributed by atoms with Crippen LogP contribution in [0.15, 0.2) is 0 Å². The fourth-order valence-corrected chi connectivity index (χ4v) is 5.26. The van der Waals surface area contributed by atoms with Crippen LogP contribution in [0.5, 0.6) is 0 Å². The quantitative estimate of drug-likeness (QED) is 0.553. The molecule has 0 heterocycles. The molecule has 0 unspecified atom stereocenters. The van der Waals surface area contributed by atoms with Crippen LogP contribution < -0.4 is 0 Å². The average molecular weight is 214 g/mol. The van der Waals surface area contributed by atoms with Gasteiger partial charge >= 0.3 is 0 Å². The van der Waals surface area contributed by atoms with Gasteiger partial charge in [0.2, 0.25) is 0 Å². The molecule has 0 radical (unpaired) electrons. The third-order valence-corrected chi connectivity index (χ3v) is 10.1. The maximum Gasteiger partial charge on any atom is 0.0533 e. The minimum absolute atomic E-state index is 0.571. The van der Waals surface area contributed by atoms with Gasteiger partial charge in [0.1, 0.15) is 0 Å². The van der Waals surface area contributed by atoms with Gasteiger partial charge in [-0.15, -0.1) is 0 Å². The van der Waals surface area contributed by atoms with Gasteiger partial charge in [-0.2, -0.15) is 0 Å². The lowest BCUT2D eigenvalue weighted by Crippen LogP contribution is -2.42. The van der Waals surface area contributed by atoms with E-state index in [1.54, 1.807) is 0 Å². The Bertz CT molecular complexity index is 166. The second-order valence-corrected chi connectivity index (χ2v) is 12.2. The summed E-state index contributed by atoms with van der Waals surface area (Å²) >= 11 is 0. The van der Waals surface area contributed by atoms with Crippen molar-refractivity contribution in [2.45, 2.75) is 72.1 Å². The number of hydrogen-bond donors (Lipinski definition) is 0. The molecule has 0 aromatic heterocycles. The molecule has 86 valence electrons. The van der Waals surface area contributed by atoms with Crippen molar-refractivity contribution in [3.05, 3.63) is 0 Å². The Morgan fingerprint density at radius 3 is 1.71 bits per heavy atom. The maximum atomic E-state index is 2.56. The van der Waals surface area contributed by atoms with E-state index in [1.807, 2.05) is 0 Å². The van der Waals surface area contributed by atoms with Gasteiger partial charge in [-0.3, -0.25) is 0 Å². The molecule has 0 amide bonds. The molecule has 0 aliphatic heterocycles. The standard InChI is InChI=1S/C13H30Si/c1-11(2)9-10-14(7,8)13(5,6)12(3)4/h11-12H,9-10H2,1-8H3. The highest BCUT2D eigenvalue weighted by molar-refractivity contribution is 6.80. The lowest BCUT2D eigenvalue weighted by Gasteiger charge is -2.44. The zero-order chi connectivity index (χ0) is 11.6. The third kappa shape index (κ3) is 3.41. The Hall–Kier alpha value is 0.217. The van der Waals surface area contributed by atoms with Crippen molar-refractivity contribution >= 4 is 8.07 Å². The van der Waals surface area contributed by atoms with Crippen molar-refractivity contribution in [2.75, 3.05) is 0 Å². The molecule has 0 fully saturated rings. The van der Waals surface area contributed by atoms with E-state index in [0.29, 0.717) is 5.04 Å². The van der Waals surface area contributed by atoms with Crippen LogP contribution in [0.1, 0.15) is 48.0 Å². The summed E-state index contributed by atoms with van der Waals surface area (Å²) in [6, 6.07) is 1.48. The molecule has 0 saturated heterocycles. The summed E-state index contributed by atoms with van der Waals surface area (Å²) < 4.78 is 0. The van der Waals surface area contributed by atoms with Crippen molar-refractivity contribution in [1.29, 1.82) is 0 Å². The molecule has 0 aliphatic rings. The van der Waals surface area contributed by atoms with Crippen molar-refractivity contribution in [1.82, 2.24) is 0 Å². The Balaban J connectivity index is 4.44. The summed E-state index contributed by atoms with van der Waals surface area (Å²) in [5.74, 6) is 1.68. The predicted octanol–water partition coefficient (Wildman–Crippen LogP) is 5.18. The third-order valence-electron chi connectivity index (χ3n) is 4.53. The van der Waals surface area contributed by atoms with Crippen LogP contribution in [0.4, 0.5) is 0 Å². The van der Waals surface area contributed by atoms with Gasteiger partial charge in [0.25, 0.3) is 0 Å². The van der Waals surface area contributed by atoms with E-state index >= 15 is 0 Å². The van der Waals surface area contributed by atoms with Crippen LogP contribution in [0.2, 0.25) is 24.2 Å². The molecule has 0 aliphatic carbocycles. The topological polar surface area (TPSA) is 0 Å². The van der Waals surface area contributed by atoms with Gasteiger partial charge in [-0.05, 0) is 16.9 Å². The Kier molecular flexibility index (Phi) is 4.90. The maximum absolute atomic E-state index is 2.56. The average Bonchev–Trinajstić information content (AvgIpc) is 2.00. The van der Waals surface area contributed by atoms with E-state index < -0.39 is 8.07 Å². The minimum Gasteiger partial charge on any atom is -0.0690 e. The van der Waals surface area contributed by atoms with Crippen LogP contribution in [0, 0.1) is 11.8 Å². The van der Waals surface area contributed by atoms with Crippen molar-refractivity contribution in [2.24, 2.45) is 11.8 Å². The molecule has 0 N–H and O–H groups in total. The zero-order valence-corrected chi connectivity index (χ0v) is 12.6. The smallest absolute Gasteiger partial charge is 0.0533 e. The molecule has 0 nitrogen and oxygen atoms in total. The second kappa shape index (κ2) is 4.83. The van der Waals surface area contributed by atoms with Crippen LogP contribution in [0.25, 0.3) is 0 Å². The Morgan fingerprint density at radius 2 is 1.43 bits per heavy atom. The summed E-state index contributed by atoms with van der Waals surface area (Å²) in [7, 11) is -1.06. The summed E-state index contributed by atoms with van der Waals surface area (Å²) in [5.41, 5.74) is 0. The Morgan fingerprint density at radius 1 is 1.00 bits per heavy atom. The van der Waals surface area contributed by atoms with Crippen LogP contribution >= 0.6 is 0 Å². The molecule has 0 atom stereocenters.